The van der Waals surface area contributed by atoms with Gasteiger partial charge in [0.05, 0.1) is 7.11 Å². The van der Waals surface area contributed by atoms with Crippen molar-refractivity contribution in [2.75, 3.05) is 14.2 Å². The number of hydrogen-bond acceptors (Lipinski definition) is 3. The third-order valence-electron chi connectivity index (χ3n) is 3.74. The molecule has 1 unspecified atom stereocenters. The van der Waals surface area contributed by atoms with Gasteiger partial charge in [0.1, 0.15) is 5.75 Å². The molecule has 1 heterocycles. The average Bonchev–Trinajstić information content (AvgIpc) is 2.97. The van der Waals surface area contributed by atoms with Crippen LogP contribution in [0.4, 0.5) is 0 Å². The monoisotopic (exact) mass is 297 g/mol. The minimum atomic E-state index is 0.343. The molecule has 3 aromatic rings. The van der Waals surface area contributed by atoms with Crippen LogP contribution in [0.2, 0.25) is 0 Å². The molecule has 0 fully saturated rings. The summed E-state index contributed by atoms with van der Waals surface area (Å²) < 4.78 is 6.56. The quantitative estimate of drug-likeness (QED) is 0.753. The minimum Gasteiger partial charge on any atom is -0.497 e. The first-order chi connectivity index (χ1) is 10.3. The van der Waals surface area contributed by atoms with Crippen LogP contribution in [0.3, 0.4) is 0 Å². The molecule has 1 aromatic heterocycles. The number of methoxy groups -OCH3 is 1. The molecule has 0 radical (unpaired) electrons. The maximum atomic E-state index is 5.21. The van der Waals surface area contributed by atoms with Crippen molar-refractivity contribution in [3.63, 3.8) is 0 Å². The molecular weight excluding hydrogens is 278 g/mol. The number of thiophene rings is 1. The van der Waals surface area contributed by atoms with Gasteiger partial charge >= 0.3 is 0 Å². The standard InChI is InChI=1S/C18H19NOS/c1-19-16(11-13-7-9-15(20-2)10-8-13)18-12-14-5-3-4-6-17(14)21-18/h3-10,12,16,19H,11H2,1-2H3. The smallest absolute Gasteiger partial charge is 0.118 e. The molecule has 1 N–H and O–H groups in total. The van der Waals surface area contributed by atoms with Crippen molar-refractivity contribution in [3.05, 3.63) is 65.0 Å². The van der Waals surface area contributed by atoms with Crippen LogP contribution in [0, 0.1) is 0 Å². The molecule has 3 rings (SSSR count). The van der Waals surface area contributed by atoms with E-state index in [9.17, 15) is 0 Å². The van der Waals surface area contributed by atoms with Crippen LogP contribution < -0.4 is 10.1 Å². The number of ether oxygens (including phenoxy) is 1. The van der Waals surface area contributed by atoms with E-state index in [1.807, 2.05) is 30.5 Å². The summed E-state index contributed by atoms with van der Waals surface area (Å²) in [7, 11) is 3.72. The zero-order valence-electron chi connectivity index (χ0n) is 12.3. The second-order valence-electron chi connectivity index (χ2n) is 5.08. The van der Waals surface area contributed by atoms with Crippen molar-refractivity contribution < 1.29 is 4.74 Å². The van der Waals surface area contributed by atoms with E-state index in [1.54, 1.807) is 7.11 Å². The normalized spacial score (nSPS) is 12.5. The Bertz CT molecular complexity index is 684. The van der Waals surface area contributed by atoms with Gasteiger partial charge in [-0.15, -0.1) is 11.3 Å². The van der Waals surface area contributed by atoms with Crippen LogP contribution >= 0.6 is 11.3 Å². The Labute approximate surface area is 129 Å². The molecule has 0 aliphatic carbocycles. The summed E-state index contributed by atoms with van der Waals surface area (Å²) in [6.45, 7) is 0. The summed E-state index contributed by atoms with van der Waals surface area (Å²) in [5.74, 6) is 0.904. The van der Waals surface area contributed by atoms with Gasteiger partial charge < -0.3 is 10.1 Å². The zero-order chi connectivity index (χ0) is 14.7. The van der Waals surface area contributed by atoms with E-state index >= 15 is 0 Å². The van der Waals surface area contributed by atoms with Crippen molar-refractivity contribution in [3.8, 4) is 5.75 Å². The van der Waals surface area contributed by atoms with Crippen LogP contribution in [0.15, 0.2) is 54.6 Å². The predicted molar refractivity (Wildman–Crippen MR) is 90.3 cm³/mol. The fourth-order valence-corrected chi connectivity index (χ4v) is 3.69. The van der Waals surface area contributed by atoms with Crippen molar-refractivity contribution in [1.29, 1.82) is 0 Å². The molecule has 0 aliphatic rings. The molecule has 0 amide bonds. The lowest BCUT2D eigenvalue weighted by Gasteiger charge is -2.14. The van der Waals surface area contributed by atoms with Gasteiger partial charge in [-0.05, 0) is 48.7 Å². The third-order valence-corrected chi connectivity index (χ3v) is 4.97. The SMILES string of the molecule is CNC(Cc1ccc(OC)cc1)c1cc2ccccc2s1. The van der Waals surface area contributed by atoms with Gasteiger partial charge in [-0.3, -0.25) is 0 Å². The molecule has 2 nitrogen and oxygen atoms in total. The van der Waals surface area contributed by atoms with E-state index in [4.69, 9.17) is 4.74 Å². The summed E-state index contributed by atoms with van der Waals surface area (Å²) in [4.78, 5) is 1.38. The Morgan fingerprint density at radius 1 is 1.10 bits per heavy atom. The summed E-state index contributed by atoms with van der Waals surface area (Å²) in [6, 6.07) is 19.5. The van der Waals surface area contributed by atoms with Crippen molar-refractivity contribution in [2.45, 2.75) is 12.5 Å². The Hall–Kier alpha value is -1.84. The van der Waals surface area contributed by atoms with Gasteiger partial charge in [-0.2, -0.15) is 0 Å². The number of nitrogens with one attached hydrogen (secondary N) is 1. The Morgan fingerprint density at radius 2 is 1.86 bits per heavy atom. The lowest BCUT2D eigenvalue weighted by Crippen LogP contribution is -2.17. The lowest BCUT2D eigenvalue weighted by molar-refractivity contribution is 0.414. The maximum absolute atomic E-state index is 5.21. The van der Waals surface area contributed by atoms with E-state index < -0.39 is 0 Å². The van der Waals surface area contributed by atoms with E-state index in [1.165, 1.54) is 20.5 Å². The first-order valence-electron chi connectivity index (χ1n) is 7.09. The van der Waals surface area contributed by atoms with Gasteiger partial charge in [0.15, 0.2) is 0 Å². The summed E-state index contributed by atoms with van der Waals surface area (Å²) in [5.41, 5.74) is 1.31. The molecule has 0 saturated carbocycles. The first kappa shape index (κ1) is 14.1. The molecule has 3 heteroatoms. The molecule has 0 bridgehead atoms. The van der Waals surface area contributed by atoms with Gasteiger partial charge in [0, 0.05) is 15.6 Å². The Morgan fingerprint density at radius 3 is 2.52 bits per heavy atom. The topological polar surface area (TPSA) is 21.3 Å². The lowest BCUT2D eigenvalue weighted by atomic mass is 10.0. The predicted octanol–water partition coefficient (Wildman–Crippen LogP) is 4.41. The van der Waals surface area contributed by atoms with E-state index in [0.29, 0.717) is 6.04 Å². The molecule has 0 aliphatic heterocycles. The highest BCUT2D eigenvalue weighted by atomic mass is 32.1. The number of benzene rings is 2. The molecule has 2 aromatic carbocycles. The van der Waals surface area contributed by atoms with Crippen molar-refractivity contribution in [2.24, 2.45) is 0 Å². The highest BCUT2D eigenvalue weighted by molar-refractivity contribution is 7.19. The third kappa shape index (κ3) is 3.09. The van der Waals surface area contributed by atoms with Crippen molar-refractivity contribution >= 4 is 21.4 Å². The number of fused-ring (bicyclic) bond motifs is 1. The van der Waals surface area contributed by atoms with Crippen LogP contribution in [0.25, 0.3) is 10.1 Å². The van der Waals surface area contributed by atoms with Crippen LogP contribution in [-0.2, 0) is 6.42 Å². The molecule has 0 saturated heterocycles. The Balaban J connectivity index is 1.83. The molecule has 1 atom stereocenters. The van der Waals surface area contributed by atoms with Gasteiger partial charge in [-0.25, -0.2) is 0 Å². The van der Waals surface area contributed by atoms with Gasteiger partial charge in [0.2, 0.25) is 0 Å². The highest BCUT2D eigenvalue weighted by Crippen LogP contribution is 2.31. The van der Waals surface area contributed by atoms with E-state index in [0.717, 1.165) is 12.2 Å². The fourth-order valence-electron chi connectivity index (χ4n) is 2.52. The highest BCUT2D eigenvalue weighted by Gasteiger charge is 2.13. The molecule has 0 spiro atoms. The second-order valence-corrected chi connectivity index (χ2v) is 6.20. The number of rotatable bonds is 5. The molecule has 21 heavy (non-hydrogen) atoms. The number of hydrogen-bond donors (Lipinski definition) is 1. The number of likely N-dealkylation sites (N-methyl/N-ethyl adjacent to an activating group) is 1. The van der Waals surface area contributed by atoms with Crippen molar-refractivity contribution in [1.82, 2.24) is 5.32 Å². The second kappa shape index (κ2) is 6.29. The summed E-state index contributed by atoms with van der Waals surface area (Å²) in [5, 5.41) is 4.76. The average molecular weight is 297 g/mol. The summed E-state index contributed by atoms with van der Waals surface area (Å²) in [6.07, 6.45) is 0.979. The van der Waals surface area contributed by atoms with Gasteiger partial charge in [0.25, 0.3) is 0 Å². The van der Waals surface area contributed by atoms with E-state index in [-0.39, 0.29) is 0 Å². The zero-order valence-corrected chi connectivity index (χ0v) is 13.1. The maximum Gasteiger partial charge on any atom is 0.118 e. The molecular formula is C18H19NOS. The van der Waals surface area contributed by atoms with Gasteiger partial charge in [-0.1, -0.05) is 30.3 Å². The van der Waals surface area contributed by atoms with Crippen LogP contribution in [0.1, 0.15) is 16.5 Å². The van der Waals surface area contributed by atoms with Crippen LogP contribution in [-0.4, -0.2) is 14.2 Å². The first-order valence-corrected chi connectivity index (χ1v) is 7.90. The minimum absolute atomic E-state index is 0.343. The molecule has 108 valence electrons. The summed E-state index contributed by atoms with van der Waals surface area (Å²) >= 11 is 1.87. The Kier molecular flexibility index (Phi) is 4.23. The van der Waals surface area contributed by atoms with Crippen LogP contribution in [0.5, 0.6) is 5.75 Å². The fraction of sp³-hybridized carbons (Fsp3) is 0.222. The van der Waals surface area contributed by atoms with E-state index in [2.05, 4.69) is 47.8 Å². The largest absolute Gasteiger partial charge is 0.497 e.